The van der Waals surface area contributed by atoms with Crippen LogP contribution >= 0.6 is 0 Å². The molecular weight excluding hydrogens is 373 g/mol. The fourth-order valence-corrected chi connectivity index (χ4v) is 2.89. The number of cyclic esters (lactones) is 1. The van der Waals surface area contributed by atoms with Crippen LogP contribution in [-0.4, -0.2) is 73.3 Å². The maximum atomic E-state index is 14.6. The Morgan fingerprint density at radius 1 is 1.39 bits per heavy atom. The smallest absolute Gasteiger partial charge is 0.414 e. The summed E-state index contributed by atoms with van der Waals surface area (Å²) in [4.78, 5) is 37.2. The summed E-state index contributed by atoms with van der Waals surface area (Å²) in [6, 6.07) is 4.31. The number of amides is 3. The van der Waals surface area contributed by atoms with Gasteiger partial charge >= 0.3 is 6.09 Å². The third-order valence-corrected chi connectivity index (χ3v) is 4.31. The van der Waals surface area contributed by atoms with E-state index in [1.807, 2.05) is 0 Å². The lowest BCUT2D eigenvalue weighted by Gasteiger charge is -2.28. The summed E-state index contributed by atoms with van der Waals surface area (Å²) in [5.74, 6) is -1.33. The summed E-state index contributed by atoms with van der Waals surface area (Å²) in [7, 11) is 0. The van der Waals surface area contributed by atoms with Crippen LogP contribution in [0.1, 0.15) is 6.92 Å². The number of hydrazone groups is 1. The number of benzene rings is 1. The van der Waals surface area contributed by atoms with Gasteiger partial charge in [-0.1, -0.05) is 0 Å². The first-order chi connectivity index (χ1) is 13.4. The van der Waals surface area contributed by atoms with Gasteiger partial charge in [0.1, 0.15) is 24.9 Å². The maximum Gasteiger partial charge on any atom is 0.414 e. The van der Waals surface area contributed by atoms with Crippen LogP contribution in [0.3, 0.4) is 0 Å². The fourth-order valence-electron chi connectivity index (χ4n) is 2.89. The van der Waals surface area contributed by atoms with Gasteiger partial charge in [-0.2, -0.15) is 5.10 Å². The van der Waals surface area contributed by atoms with E-state index in [2.05, 4.69) is 10.4 Å². The van der Waals surface area contributed by atoms with Crippen LogP contribution in [0.2, 0.25) is 0 Å². The van der Waals surface area contributed by atoms with E-state index in [4.69, 9.17) is 9.84 Å². The van der Waals surface area contributed by atoms with Crippen molar-refractivity contribution in [1.82, 2.24) is 10.3 Å². The first-order valence-electron chi connectivity index (χ1n) is 8.63. The van der Waals surface area contributed by atoms with E-state index in [0.717, 1.165) is 5.01 Å². The lowest BCUT2D eigenvalue weighted by atomic mass is 10.2. The average molecular weight is 393 g/mol. The molecular formula is C17H20FN5O5. The fraction of sp³-hybridized carbons (Fsp3) is 0.412. The van der Waals surface area contributed by atoms with Gasteiger partial charge in [0.15, 0.2) is 0 Å². The molecule has 3 rings (SSSR count). The molecule has 1 saturated heterocycles. The third kappa shape index (κ3) is 4.19. The molecule has 0 spiro atoms. The van der Waals surface area contributed by atoms with Crippen LogP contribution in [0.25, 0.3) is 0 Å². The van der Waals surface area contributed by atoms with Crippen LogP contribution in [0, 0.1) is 5.82 Å². The van der Waals surface area contributed by atoms with Crippen LogP contribution in [0.4, 0.5) is 20.6 Å². The summed E-state index contributed by atoms with van der Waals surface area (Å²) >= 11 is 0. The zero-order chi connectivity index (χ0) is 20.3. The second-order valence-electron chi connectivity index (χ2n) is 6.29. The molecule has 3 amide bonds. The number of rotatable bonds is 5. The molecule has 28 heavy (non-hydrogen) atoms. The first kappa shape index (κ1) is 19.5. The standard InChI is InChI=1S/C17H20FN5O5/c1-11(25)19-7-13-8-22(17(27)28-13)12-2-3-15(14(18)6-12)21-4-5-23(20-10-21)16(26)9-24/h2-3,6,10,13,24H,4-5,7-9H2,1H3,(H,19,25). The molecule has 1 atom stereocenters. The van der Waals surface area contributed by atoms with E-state index in [1.54, 1.807) is 6.07 Å². The summed E-state index contributed by atoms with van der Waals surface area (Å²) in [6.07, 6.45) is 0.187. The summed E-state index contributed by atoms with van der Waals surface area (Å²) in [5.41, 5.74) is 0.577. The number of aliphatic hydroxyl groups is 1. The monoisotopic (exact) mass is 393 g/mol. The molecule has 0 bridgehead atoms. The molecule has 1 fully saturated rings. The predicted molar refractivity (Wildman–Crippen MR) is 97.3 cm³/mol. The number of hydrogen-bond donors (Lipinski definition) is 2. The van der Waals surface area contributed by atoms with Crippen molar-refractivity contribution in [3.63, 3.8) is 0 Å². The Kier molecular flexibility index (Phi) is 5.73. The van der Waals surface area contributed by atoms with Gasteiger partial charge < -0.3 is 20.1 Å². The third-order valence-electron chi connectivity index (χ3n) is 4.31. The minimum Gasteiger partial charge on any atom is -0.442 e. The summed E-state index contributed by atoms with van der Waals surface area (Å²) < 4.78 is 19.8. The largest absolute Gasteiger partial charge is 0.442 e. The van der Waals surface area contributed by atoms with Crippen LogP contribution in [0.5, 0.6) is 0 Å². The molecule has 1 aromatic carbocycles. The molecule has 2 N–H and O–H groups in total. The van der Waals surface area contributed by atoms with Crippen molar-refractivity contribution in [3.05, 3.63) is 24.0 Å². The number of nitrogens with zero attached hydrogens (tertiary/aromatic N) is 4. The zero-order valence-corrected chi connectivity index (χ0v) is 15.2. The maximum absolute atomic E-state index is 14.6. The number of halogens is 1. The minimum atomic E-state index is -0.644. The van der Waals surface area contributed by atoms with Crippen LogP contribution < -0.4 is 15.1 Å². The number of anilines is 2. The molecule has 11 heteroatoms. The number of carbonyl (C=O) groups is 3. The van der Waals surface area contributed by atoms with E-state index in [1.165, 1.54) is 35.2 Å². The highest BCUT2D eigenvalue weighted by molar-refractivity contribution is 5.91. The number of ether oxygens (including phenoxy) is 1. The number of hydrogen-bond acceptors (Lipinski definition) is 7. The summed E-state index contributed by atoms with van der Waals surface area (Å²) in [5, 5.41) is 16.4. The number of nitrogens with one attached hydrogen (secondary N) is 1. The van der Waals surface area contributed by atoms with E-state index in [9.17, 15) is 18.8 Å². The zero-order valence-electron chi connectivity index (χ0n) is 15.2. The average Bonchev–Trinajstić information content (AvgIpc) is 3.06. The number of aliphatic hydroxyl groups excluding tert-OH is 1. The van der Waals surface area contributed by atoms with E-state index in [0.29, 0.717) is 12.2 Å². The van der Waals surface area contributed by atoms with Gasteiger partial charge in [0, 0.05) is 13.5 Å². The van der Waals surface area contributed by atoms with E-state index in [-0.39, 0.29) is 31.2 Å². The van der Waals surface area contributed by atoms with Crippen LogP contribution in [-0.2, 0) is 14.3 Å². The molecule has 2 heterocycles. The highest BCUT2D eigenvalue weighted by Gasteiger charge is 2.33. The molecule has 0 aromatic heterocycles. The highest BCUT2D eigenvalue weighted by atomic mass is 19.1. The van der Waals surface area contributed by atoms with Gasteiger partial charge in [0.2, 0.25) is 5.91 Å². The molecule has 0 aliphatic carbocycles. The van der Waals surface area contributed by atoms with Gasteiger partial charge in [-0.3, -0.25) is 14.5 Å². The Labute approximate surface area is 160 Å². The number of carbonyl (C=O) groups excluding carboxylic acids is 3. The second kappa shape index (κ2) is 8.21. The topological polar surface area (TPSA) is 115 Å². The molecule has 150 valence electrons. The Morgan fingerprint density at radius 3 is 2.79 bits per heavy atom. The Hall–Kier alpha value is -3.21. The van der Waals surface area contributed by atoms with Crippen molar-refractivity contribution < 1.29 is 28.6 Å². The van der Waals surface area contributed by atoms with Crippen molar-refractivity contribution in [2.75, 3.05) is 42.6 Å². The van der Waals surface area contributed by atoms with Gasteiger partial charge in [-0.25, -0.2) is 14.2 Å². The minimum absolute atomic E-state index is 0.186. The normalized spacial score (nSPS) is 19.0. The molecule has 0 saturated carbocycles. The van der Waals surface area contributed by atoms with Gasteiger partial charge in [0.25, 0.3) is 5.91 Å². The van der Waals surface area contributed by atoms with Crippen molar-refractivity contribution >= 4 is 35.6 Å². The van der Waals surface area contributed by atoms with Crippen molar-refractivity contribution in [1.29, 1.82) is 0 Å². The second-order valence-corrected chi connectivity index (χ2v) is 6.29. The Balaban J connectivity index is 1.69. The van der Waals surface area contributed by atoms with Gasteiger partial charge in [0.05, 0.1) is 31.0 Å². The van der Waals surface area contributed by atoms with E-state index < -0.39 is 30.5 Å². The van der Waals surface area contributed by atoms with Crippen molar-refractivity contribution in [2.45, 2.75) is 13.0 Å². The SMILES string of the molecule is CC(=O)NCC1CN(c2ccc(N3C=NN(C(=O)CO)CC3)c(F)c2)C(=O)O1. The molecule has 10 nitrogen and oxygen atoms in total. The molecule has 0 radical (unpaired) electrons. The van der Waals surface area contributed by atoms with Crippen LogP contribution in [0.15, 0.2) is 23.3 Å². The molecule has 2 aliphatic heterocycles. The quantitative estimate of drug-likeness (QED) is 0.720. The lowest BCUT2D eigenvalue weighted by molar-refractivity contribution is -0.134. The first-order valence-corrected chi connectivity index (χ1v) is 8.63. The van der Waals surface area contributed by atoms with Gasteiger partial charge in [-0.05, 0) is 18.2 Å². The Bertz CT molecular complexity index is 817. The molecule has 2 aliphatic rings. The lowest BCUT2D eigenvalue weighted by Crippen LogP contribution is -2.42. The molecule has 1 aromatic rings. The van der Waals surface area contributed by atoms with Crippen molar-refractivity contribution in [3.8, 4) is 0 Å². The van der Waals surface area contributed by atoms with E-state index >= 15 is 0 Å². The highest BCUT2D eigenvalue weighted by Crippen LogP contribution is 2.28. The Morgan fingerprint density at radius 2 is 2.18 bits per heavy atom. The van der Waals surface area contributed by atoms with Gasteiger partial charge in [-0.15, -0.1) is 0 Å². The predicted octanol–water partition coefficient (Wildman–Crippen LogP) is -0.129. The van der Waals surface area contributed by atoms with Crippen molar-refractivity contribution in [2.24, 2.45) is 5.10 Å². The molecule has 1 unspecified atom stereocenters. The summed E-state index contributed by atoms with van der Waals surface area (Å²) in [6.45, 7) is 1.61.